The lowest BCUT2D eigenvalue weighted by atomic mass is 10.1. The predicted molar refractivity (Wildman–Crippen MR) is 65.3 cm³/mol. The molecule has 0 amide bonds. The van der Waals surface area contributed by atoms with Crippen molar-refractivity contribution in [3.8, 4) is 10.7 Å². The van der Waals surface area contributed by atoms with Crippen molar-refractivity contribution < 1.29 is 5.11 Å². The second-order valence-corrected chi connectivity index (χ2v) is 4.45. The number of aromatic amines is 1. The Bertz CT molecular complexity index is 613. The van der Waals surface area contributed by atoms with Crippen molar-refractivity contribution in [2.45, 2.75) is 6.61 Å². The van der Waals surface area contributed by atoms with Crippen molar-refractivity contribution in [3.05, 3.63) is 41.4 Å². The maximum atomic E-state index is 9.24. The summed E-state index contributed by atoms with van der Waals surface area (Å²) < 4.78 is 0. The van der Waals surface area contributed by atoms with Crippen molar-refractivity contribution >= 4 is 22.2 Å². The Labute approximate surface area is 96.4 Å². The molecule has 3 nitrogen and oxygen atoms in total. The van der Waals surface area contributed by atoms with E-state index in [2.05, 4.69) is 16.0 Å². The number of aliphatic hydroxyl groups excluding tert-OH is 1. The minimum absolute atomic E-state index is 0.0508. The van der Waals surface area contributed by atoms with Gasteiger partial charge in [-0.3, -0.25) is 0 Å². The lowest BCUT2D eigenvalue weighted by Crippen LogP contribution is -1.84. The number of fused-ring (bicyclic) bond motifs is 1. The van der Waals surface area contributed by atoms with Gasteiger partial charge in [0.2, 0.25) is 0 Å². The Morgan fingerprint density at radius 1 is 1.38 bits per heavy atom. The molecule has 2 aromatic heterocycles. The molecule has 2 N–H and O–H groups in total. The molecule has 0 unspecified atom stereocenters. The van der Waals surface area contributed by atoms with Crippen LogP contribution in [-0.2, 0) is 6.61 Å². The highest BCUT2D eigenvalue weighted by atomic mass is 32.1. The van der Waals surface area contributed by atoms with Crippen molar-refractivity contribution in [1.29, 1.82) is 0 Å². The quantitative estimate of drug-likeness (QED) is 0.711. The van der Waals surface area contributed by atoms with Crippen LogP contribution in [0.4, 0.5) is 0 Å². The fourth-order valence-corrected chi connectivity index (χ4v) is 2.43. The van der Waals surface area contributed by atoms with Crippen molar-refractivity contribution in [2.24, 2.45) is 0 Å². The van der Waals surface area contributed by atoms with Crippen LogP contribution in [0.2, 0.25) is 0 Å². The molecule has 1 aromatic carbocycles. The van der Waals surface area contributed by atoms with E-state index in [1.165, 1.54) is 0 Å². The molecule has 0 radical (unpaired) electrons. The molecule has 2 heterocycles. The van der Waals surface area contributed by atoms with E-state index >= 15 is 0 Å². The molecule has 3 aromatic rings. The number of benzene rings is 1. The molecule has 0 aliphatic heterocycles. The fraction of sp³-hybridized carbons (Fsp3) is 0.0833. The van der Waals surface area contributed by atoms with Crippen molar-refractivity contribution in [3.63, 3.8) is 0 Å². The van der Waals surface area contributed by atoms with Gasteiger partial charge >= 0.3 is 0 Å². The van der Waals surface area contributed by atoms with Gasteiger partial charge in [0, 0.05) is 22.5 Å². The molecule has 0 aliphatic carbocycles. The molecular formula is C12H10N2OS. The van der Waals surface area contributed by atoms with E-state index < -0.39 is 0 Å². The van der Waals surface area contributed by atoms with Gasteiger partial charge in [0.15, 0.2) is 0 Å². The molecule has 0 atom stereocenters. The molecule has 80 valence electrons. The number of hydrogen-bond donors (Lipinski definition) is 2. The van der Waals surface area contributed by atoms with Crippen LogP contribution in [0.1, 0.15) is 5.56 Å². The molecule has 0 aliphatic rings. The SMILES string of the molecule is OCc1cccc2cc(-c3nccs3)[nH]c12. The Hall–Kier alpha value is -1.65. The number of thiazole rings is 1. The van der Waals surface area contributed by atoms with Crippen LogP contribution in [0.15, 0.2) is 35.8 Å². The third-order valence-electron chi connectivity index (χ3n) is 2.58. The summed E-state index contributed by atoms with van der Waals surface area (Å²) in [5.41, 5.74) is 2.92. The van der Waals surface area contributed by atoms with E-state index in [9.17, 15) is 5.11 Å². The second kappa shape index (κ2) is 3.73. The fourth-order valence-electron chi connectivity index (χ4n) is 1.82. The smallest absolute Gasteiger partial charge is 0.139 e. The molecular weight excluding hydrogens is 220 g/mol. The topological polar surface area (TPSA) is 48.9 Å². The van der Waals surface area contributed by atoms with E-state index in [0.717, 1.165) is 27.2 Å². The molecule has 0 saturated heterocycles. The Morgan fingerprint density at radius 3 is 3.06 bits per heavy atom. The summed E-state index contributed by atoms with van der Waals surface area (Å²) in [5.74, 6) is 0. The summed E-state index contributed by atoms with van der Waals surface area (Å²) in [6, 6.07) is 7.97. The van der Waals surface area contributed by atoms with Gasteiger partial charge in [-0.1, -0.05) is 18.2 Å². The molecule has 3 rings (SSSR count). The van der Waals surface area contributed by atoms with E-state index in [1.807, 2.05) is 23.6 Å². The number of aliphatic hydroxyl groups is 1. The van der Waals surface area contributed by atoms with E-state index in [0.29, 0.717) is 0 Å². The van der Waals surface area contributed by atoms with Crippen molar-refractivity contribution in [2.75, 3.05) is 0 Å². The number of H-pyrrole nitrogens is 1. The third-order valence-corrected chi connectivity index (χ3v) is 3.38. The average molecular weight is 230 g/mol. The van der Waals surface area contributed by atoms with Crippen LogP contribution in [0, 0.1) is 0 Å². The summed E-state index contributed by atoms with van der Waals surface area (Å²) in [7, 11) is 0. The molecule has 0 bridgehead atoms. The molecule has 4 heteroatoms. The number of nitrogens with one attached hydrogen (secondary N) is 1. The average Bonchev–Trinajstić information content (AvgIpc) is 2.96. The predicted octanol–water partition coefficient (Wildman–Crippen LogP) is 2.78. The molecule has 0 saturated carbocycles. The van der Waals surface area contributed by atoms with Crippen LogP contribution in [-0.4, -0.2) is 15.1 Å². The van der Waals surface area contributed by atoms with E-state index in [4.69, 9.17) is 0 Å². The largest absolute Gasteiger partial charge is 0.392 e. The van der Waals surface area contributed by atoms with Gasteiger partial charge in [-0.2, -0.15) is 0 Å². The molecule has 16 heavy (non-hydrogen) atoms. The van der Waals surface area contributed by atoms with Gasteiger partial charge in [-0.25, -0.2) is 4.98 Å². The Morgan fingerprint density at radius 2 is 2.31 bits per heavy atom. The van der Waals surface area contributed by atoms with Crippen LogP contribution in [0.25, 0.3) is 21.6 Å². The standard InChI is InChI=1S/C12H10N2OS/c15-7-9-3-1-2-8-6-10(14-11(8)9)12-13-4-5-16-12/h1-6,14-15H,7H2. The number of rotatable bonds is 2. The normalized spacial score (nSPS) is 11.1. The zero-order chi connectivity index (χ0) is 11.0. The number of hydrogen-bond acceptors (Lipinski definition) is 3. The van der Waals surface area contributed by atoms with Gasteiger partial charge in [0.05, 0.1) is 17.8 Å². The third kappa shape index (κ3) is 1.43. The number of nitrogens with zero attached hydrogens (tertiary/aromatic N) is 1. The van der Waals surface area contributed by atoms with Crippen LogP contribution in [0.5, 0.6) is 0 Å². The van der Waals surface area contributed by atoms with E-state index in [-0.39, 0.29) is 6.61 Å². The maximum Gasteiger partial charge on any atom is 0.139 e. The van der Waals surface area contributed by atoms with Crippen LogP contribution in [0.3, 0.4) is 0 Å². The highest BCUT2D eigenvalue weighted by Gasteiger charge is 2.07. The van der Waals surface area contributed by atoms with Crippen molar-refractivity contribution in [1.82, 2.24) is 9.97 Å². The summed E-state index contributed by atoms with van der Waals surface area (Å²) in [4.78, 5) is 7.57. The maximum absolute atomic E-state index is 9.24. The summed E-state index contributed by atoms with van der Waals surface area (Å²) >= 11 is 1.60. The van der Waals surface area contributed by atoms with Gasteiger partial charge in [-0.15, -0.1) is 11.3 Å². The van der Waals surface area contributed by atoms with E-state index in [1.54, 1.807) is 17.5 Å². The van der Waals surface area contributed by atoms with Gasteiger partial charge in [-0.05, 0) is 6.07 Å². The van der Waals surface area contributed by atoms with Gasteiger partial charge in [0.1, 0.15) is 5.01 Å². The summed E-state index contributed by atoms with van der Waals surface area (Å²) in [5, 5.41) is 13.3. The zero-order valence-electron chi connectivity index (χ0n) is 8.47. The first kappa shape index (κ1) is 9.57. The minimum atomic E-state index is 0.0508. The highest BCUT2D eigenvalue weighted by Crippen LogP contribution is 2.27. The monoisotopic (exact) mass is 230 g/mol. The lowest BCUT2D eigenvalue weighted by Gasteiger charge is -1.97. The Kier molecular flexibility index (Phi) is 2.23. The summed E-state index contributed by atoms with van der Waals surface area (Å²) in [6.07, 6.45) is 1.79. The number of aromatic nitrogens is 2. The first-order chi connectivity index (χ1) is 7.88. The van der Waals surface area contributed by atoms with Gasteiger partial charge < -0.3 is 10.1 Å². The zero-order valence-corrected chi connectivity index (χ0v) is 9.29. The van der Waals surface area contributed by atoms with Crippen LogP contribution < -0.4 is 0 Å². The highest BCUT2D eigenvalue weighted by molar-refractivity contribution is 7.13. The first-order valence-electron chi connectivity index (χ1n) is 5.00. The minimum Gasteiger partial charge on any atom is -0.392 e. The lowest BCUT2D eigenvalue weighted by molar-refractivity contribution is 0.283. The van der Waals surface area contributed by atoms with Crippen LogP contribution >= 0.6 is 11.3 Å². The first-order valence-corrected chi connectivity index (χ1v) is 5.88. The van der Waals surface area contributed by atoms with Gasteiger partial charge in [0.25, 0.3) is 0 Å². The Balaban J connectivity index is 2.23. The molecule has 0 fully saturated rings. The molecule has 0 spiro atoms. The second-order valence-electron chi connectivity index (χ2n) is 3.56. The summed E-state index contributed by atoms with van der Waals surface area (Å²) in [6.45, 7) is 0.0508. The number of para-hydroxylation sites is 1.